The van der Waals surface area contributed by atoms with Gasteiger partial charge >= 0.3 is 0 Å². The number of aliphatic hydroxyl groups is 1. The summed E-state index contributed by atoms with van der Waals surface area (Å²) in [4.78, 5) is 4.74. The first-order valence-electron chi connectivity index (χ1n) is 7.09. The Morgan fingerprint density at radius 3 is 3.00 bits per heavy atom. The molecular weight excluding hydrogens is 236 g/mol. The van der Waals surface area contributed by atoms with E-state index in [1.807, 2.05) is 12.1 Å². The molecule has 1 aliphatic carbocycles. The van der Waals surface area contributed by atoms with E-state index in [0.717, 1.165) is 43.6 Å². The van der Waals surface area contributed by atoms with E-state index in [1.165, 1.54) is 11.1 Å². The van der Waals surface area contributed by atoms with Gasteiger partial charge in [-0.25, -0.2) is 4.98 Å². The van der Waals surface area contributed by atoms with Gasteiger partial charge in [-0.3, -0.25) is 0 Å². The predicted molar refractivity (Wildman–Crippen MR) is 77.1 cm³/mol. The van der Waals surface area contributed by atoms with Gasteiger partial charge in [0.05, 0.1) is 17.1 Å². The lowest BCUT2D eigenvalue weighted by Crippen LogP contribution is -2.12. The lowest BCUT2D eigenvalue weighted by molar-refractivity contribution is 0.201. The standard InChI is InChI=1S/C16H20N2O/c1-2-18-15-9-4-3-8-14(15)17-16(18)11-12-6-5-7-13(19)10-12/h3-4,8-10,13,19H,2,5-7,11H2,1H3. The van der Waals surface area contributed by atoms with Gasteiger partial charge < -0.3 is 9.67 Å². The van der Waals surface area contributed by atoms with Gasteiger partial charge in [0.2, 0.25) is 0 Å². The average Bonchev–Trinajstić information content (AvgIpc) is 2.75. The number of aryl methyl sites for hydroxylation is 1. The molecule has 0 bridgehead atoms. The molecule has 0 aliphatic heterocycles. The van der Waals surface area contributed by atoms with Crippen LogP contribution in [-0.4, -0.2) is 20.8 Å². The zero-order valence-corrected chi connectivity index (χ0v) is 11.3. The Hall–Kier alpha value is -1.61. The highest BCUT2D eigenvalue weighted by Crippen LogP contribution is 2.23. The van der Waals surface area contributed by atoms with E-state index in [1.54, 1.807) is 0 Å². The second-order valence-electron chi connectivity index (χ2n) is 5.22. The minimum atomic E-state index is -0.261. The van der Waals surface area contributed by atoms with Gasteiger partial charge in [-0.15, -0.1) is 0 Å². The Morgan fingerprint density at radius 2 is 2.21 bits per heavy atom. The Labute approximate surface area is 113 Å². The normalized spacial score (nSPS) is 19.7. The molecule has 0 spiro atoms. The minimum absolute atomic E-state index is 0.261. The maximum absolute atomic E-state index is 9.72. The fourth-order valence-corrected chi connectivity index (χ4v) is 2.94. The van der Waals surface area contributed by atoms with Crippen molar-refractivity contribution in [1.82, 2.24) is 9.55 Å². The third kappa shape index (κ3) is 2.43. The highest BCUT2D eigenvalue weighted by molar-refractivity contribution is 5.75. The number of para-hydroxylation sites is 2. The van der Waals surface area contributed by atoms with Gasteiger partial charge in [-0.2, -0.15) is 0 Å². The monoisotopic (exact) mass is 256 g/mol. The molecule has 1 N–H and O–H groups in total. The number of benzene rings is 1. The summed E-state index contributed by atoms with van der Waals surface area (Å²) >= 11 is 0. The van der Waals surface area contributed by atoms with Crippen LogP contribution in [0.15, 0.2) is 35.9 Å². The molecule has 1 heterocycles. The van der Waals surface area contributed by atoms with Gasteiger partial charge in [0.1, 0.15) is 5.82 Å². The maximum Gasteiger partial charge on any atom is 0.113 e. The van der Waals surface area contributed by atoms with Crippen LogP contribution in [0.2, 0.25) is 0 Å². The van der Waals surface area contributed by atoms with Crippen LogP contribution in [0.4, 0.5) is 0 Å². The number of aliphatic hydroxyl groups excluding tert-OH is 1. The predicted octanol–water partition coefficient (Wildman–Crippen LogP) is 3.07. The summed E-state index contributed by atoms with van der Waals surface area (Å²) in [5.41, 5.74) is 3.59. The number of fused-ring (bicyclic) bond motifs is 1. The molecule has 0 saturated carbocycles. The van der Waals surface area contributed by atoms with Gasteiger partial charge in [0, 0.05) is 13.0 Å². The fourth-order valence-electron chi connectivity index (χ4n) is 2.94. The van der Waals surface area contributed by atoms with Gasteiger partial charge in [-0.1, -0.05) is 23.8 Å². The molecule has 0 saturated heterocycles. The van der Waals surface area contributed by atoms with Crippen molar-refractivity contribution in [3.63, 3.8) is 0 Å². The van der Waals surface area contributed by atoms with Gasteiger partial charge in [-0.05, 0) is 38.3 Å². The molecule has 0 fully saturated rings. The minimum Gasteiger partial charge on any atom is -0.389 e. The van der Waals surface area contributed by atoms with E-state index in [4.69, 9.17) is 4.98 Å². The van der Waals surface area contributed by atoms with Crippen LogP contribution in [0.3, 0.4) is 0 Å². The third-order valence-electron chi connectivity index (χ3n) is 3.86. The molecule has 100 valence electrons. The van der Waals surface area contributed by atoms with Crippen LogP contribution in [0, 0.1) is 0 Å². The Kier molecular flexibility index (Phi) is 3.38. The molecule has 3 rings (SSSR count). The van der Waals surface area contributed by atoms with Crippen LogP contribution in [0.1, 0.15) is 32.0 Å². The number of allylic oxidation sites excluding steroid dienone is 1. The van der Waals surface area contributed by atoms with Crippen LogP contribution < -0.4 is 0 Å². The molecule has 3 nitrogen and oxygen atoms in total. The first-order valence-corrected chi connectivity index (χ1v) is 7.09. The smallest absolute Gasteiger partial charge is 0.113 e. The zero-order valence-electron chi connectivity index (χ0n) is 11.3. The number of hydrogen-bond donors (Lipinski definition) is 1. The molecule has 19 heavy (non-hydrogen) atoms. The van der Waals surface area contributed by atoms with E-state index in [-0.39, 0.29) is 6.10 Å². The molecular formula is C16H20N2O. The summed E-state index contributed by atoms with van der Waals surface area (Å²) in [6.07, 6.45) is 5.68. The number of aromatic nitrogens is 2. The SMILES string of the molecule is CCn1c(CC2=CC(O)CCC2)nc2ccccc21. The summed E-state index contributed by atoms with van der Waals surface area (Å²) in [5, 5.41) is 9.72. The highest BCUT2D eigenvalue weighted by atomic mass is 16.3. The first-order chi connectivity index (χ1) is 9.28. The molecule has 1 atom stereocenters. The lowest BCUT2D eigenvalue weighted by Gasteiger charge is -2.17. The van der Waals surface area contributed by atoms with Crippen LogP contribution in [0.5, 0.6) is 0 Å². The third-order valence-corrected chi connectivity index (χ3v) is 3.86. The summed E-state index contributed by atoms with van der Waals surface area (Å²) in [7, 11) is 0. The van der Waals surface area contributed by atoms with Crippen molar-refractivity contribution < 1.29 is 5.11 Å². The number of imidazole rings is 1. The molecule has 1 aromatic heterocycles. The topological polar surface area (TPSA) is 38.0 Å². The van der Waals surface area contributed by atoms with Crippen molar-refractivity contribution in [2.75, 3.05) is 0 Å². The van der Waals surface area contributed by atoms with Gasteiger partial charge in [0.15, 0.2) is 0 Å². The Morgan fingerprint density at radius 1 is 1.37 bits per heavy atom. The van der Waals surface area contributed by atoms with Gasteiger partial charge in [0.25, 0.3) is 0 Å². The average molecular weight is 256 g/mol. The van der Waals surface area contributed by atoms with Crippen LogP contribution in [-0.2, 0) is 13.0 Å². The summed E-state index contributed by atoms with van der Waals surface area (Å²) < 4.78 is 2.27. The molecule has 1 unspecified atom stereocenters. The first kappa shape index (κ1) is 12.4. The van der Waals surface area contributed by atoms with Crippen molar-refractivity contribution in [3.05, 3.63) is 41.7 Å². The van der Waals surface area contributed by atoms with Crippen LogP contribution >= 0.6 is 0 Å². The largest absolute Gasteiger partial charge is 0.389 e. The van der Waals surface area contributed by atoms with E-state index >= 15 is 0 Å². The summed E-state index contributed by atoms with van der Waals surface area (Å²) in [5.74, 6) is 1.11. The highest BCUT2D eigenvalue weighted by Gasteiger charge is 2.15. The van der Waals surface area contributed by atoms with E-state index in [2.05, 4.69) is 29.7 Å². The summed E-state index contributed by atoms with van der Waals surface area (Å²) in [6.45, 7) is 3.09. The molecule has 3 heteroatoms. The second kappa shape index (κ2) is 5.17. The fraction of sp³-hybridized carbons (Fsp3) is 0.438. The molecule has 0 radical (unpaired) electrons. The number of nitrogens with zero attached hydrogens (tertiary/aromatic N) is 2. The molecule has 2 aromatic rings. The summed E-state index contributed by atoms with van der Waals surface area (Å²) in [6, 6.07) is 8.28. The molecule has 1 aliphatic rings. The zero-order chi connectivity index (χ0) is 13.2. The Bertz CT molecular complexity index is 612. The molecule has 0 amide bonds. The maximum atomic E-state index is 9.72. The van der Waals surface area contributed by atoms with Crippen molar-refractivity contribution in [1.29, 1.82) is 0 Å². The van der Waals surface area contributed by atoms with Crippen molar-refractivity contribution in [2.45, 2.75) is 45.3 Å². The van der Waals surface area contributed by atoms with Crippen molar-refractivity contribution in [2.24, 2.45) is 0 Å². The quantitative estimate of drug-likeness (QED) is 0.857. The van der Waals surface area contributed by atoms with E-state index in [0.29, 0.717) is 0 Å². The number of hydrogen-bond acceptors (Lipinski definition) is 2. The van der Waals surface area contributed by atoms with E-state index in [9.17, 15) is 5.11 Å². The lowest BCUT2D eigenvalue weighted by atomic mass is 9.95. The second-order valence-corrected chi connectivity index (χ2v) is 5.22. The molecule has 1 aromatic carbocycles. The van der Waals surface area contributed by atoms with Crippen molar-refractivity contribution in [3.8, 4) is 0 Å². The number of rotatable bonds is 3. The van der Waals surface area contributed by atoms with Crippen LogP contribution in [0.25, 0.3) is 11.0 Å². The van der Waals surface area contributed by atoms with E-state index < -0.39 is 0 Å². The Balaban J connectivity index is 1.96. The van der Waals surface area contributed by atoms with Crippen molar-refractivity contribution >= 4 is 11.0 Å².